The van der Waals surface area contributed by atoms with Gasteiger partial charge in [-0.05, 0) is 46.3 Å². The molecule has 0 aliphatic carbocycles. The number of carbonyl (C=O) groups excluding carboxylic acids is 1. The molecule has 2 aromatic carbocycles. The van der Waals surface area contributed by atoms with Crippen LogP contribution < -0.4 is 5.32 Å². The molecule has 0 unspecified atom stereocenters. The van der Waals surface area contributed by atoms with Gasteiger partial charge in [0.05, 0.1) is 5.69 Å². The van der Waals surface area contributed by atoms with Gasteiger partial charge >= 0.3 is 5.91 Å². The van der Waals surface area contributed by atoms with E-state index in [-0.39, 0.29) is 5.91 Å². The number of halogens is 2. The van der Waals surface area contributed by atoms with Gasteiger partial charge in [0, 0.05) is 21.0 Å². The van der Waals surface area contributed by atoms with Crippen LogP contribution in [0.2, 0.25) is 5.02 Å². The van der Waals surface area contributed by atoms with Crippen molar-refractivity contribution in [2.45, 2.75) is 0 Å². The molecular formula is C15H9BrClNO. The molecule has 0 saturated heterocycles. The third-order valence-electron chi connectivity index (χ3n) is 2.27. The van der Waals surface area contributed by atoms with E-state index in [0.29, 0.717) is 10.7 Å². The fourth-order valence-electron chi connectivity index (χ4n) is 1.39. The summed E-state index contributed by atoms with van der Waals surface area (Å²) in [4.78, 5) is 11.7. The Morgan fingerprint density at radius 2 is 1.89 bits per heavy atom. The molecule has 0 aliphatic heterocycles. The largest absolute Gasteiger partial charge is 0.314 e. The molecule has 0 atom stereocenters. The molecule has 1 N–H and O–H groups in total. The number of nitrogens with one attached hydrogen (secondary N) is 1. The molecule has 2 nitrogen and oxygen atoms in total. The summed E-state index contributed by atoms with van der Waals surface area (Å²) in [5.74, 6) is 4.96. The number of benzene rings is 2. The predicted octanol–water partition coefficient (Wildman–Crippen LogP) is 4.09. The summed E-state index contributed by atoms with van der Waals surface area (Å²) < 4.78 is 0.717. The van der Waals surface area contributed by atoms with Gasteiger partial charge in [-0.25, -0.2) is 0 Å². The molecular weight excluding hydrogens is 326 g/mol. The van der Waals surface area contributed by atoms with Crippen LogP contribution in [0.5, 0.6) is 0 Å². The van der Waals surface area contributed by atoms with Gasteiger partial charge in [-0.2, -0.15) is 0 Å². The SMILES string of the molecule is O=C(C#Cc1ccccc1)Nc1ccc(Cl)cc1Br. The van der Waals surface area contributed by atoms with Crippen molar-refractivity contribution in [3.8, 4) is 11.8 Å². The molecule has 1 amide bonds. The summed E-state index contributed by atoms with van der Waals surface area (Å²) in [6.07, 6.45) is 0. The van der Waals surface area contributed by atoms with Gasteiger partial charge in [0.1, 0.15) is 0 Å². The number of hydrogen-bond donors (Lipinski definition) is 1. The van der Waals surface area contributed by atoms with Crippen molar-refractivity contribution in [1.29, 1.82) is 0 Å². The maximum atomic E-state index is 11.7. The van der Waals surface area contributed by atoms with E-state index in [1.165, 1.54) is 0 Å². The van der Waals surface area contributed by atoms with Crippen molar-refractivity contribution in [3.05, 3.63) is 63.6 Å². The molecule has 0 saturated carbocycles. The standard InChI is InChI=1S/C15H9BrClNO/c16-13-10-12(17)7-8-14(13)18-15(19)9-6-11-4-2-1-3-5-11/h1-5,7-8,10H,(H,18,19). The van der Waals surface area contributed by atoms with Crippen LogP contribution in [-0.4, -0.2) is 5.91 Å². The Morgan fingerprint density at radius 3 is 2.58 bits per heavy atom. The normalized spacial score (nSPS) is 9.37. The van der Waals surface area contributed by atoms with Gasteiger partial charge in [0.15, 0.2) is 0 Å². The molecule has 0 heterocycles. The summed E-state index contributed by atoms with van der Waals surface area (Å²) >= 11 is 9.15. The first kappa shape index (κ1) is 13.7. The topological polar surface area (TPSA) is 29.1 Å². The summed E-state index contributed by atoms with van der Waals surface area (Å²) in [6.45, 7) is 0. The molecule has 0 radical (unpaired) electrons. The highest BCUT2D eigenvalue weighted by molar-refractivity contribution is 9.10. The second kappa shape index (κ2) is 6.42. The highest BCUT2D eigenvalue weighted by Crippen LogP contribution is 2.25. The maximum absolute atomic E-state index is 11.7. The van der Waals surface area contributed by atoms with Gasteiger partial charge in [-0.1, -0.05) is 35.7 Å². The molecule has 0 bridgehead atoms. The first-order valence-corrected chi connectivity index (χ1v) is 6.65. The van der Waals surface area contributed by atoms with Gasteiger partial charge in [0.25, 0.3) is 0 Å². The van der Waals surface area contributed by atoms with Crippen LogP contribution >= 0.6 is 27.5 Å². The van der Waals surface area contributed by atoms with Crippen LogP contribution in [0.4, 0.5) is 5.69 Å². The van der Waals surface area contributed by atoms with Crippen molar-refractivity contribution >= 4 is 39.1 Å². The second-order valence-electron chi connectivity index (χ2n) is 3.69. The number of amides is 1. The smallest absolute Gasteiger partial charge is 0.300 e. The van der Waals surface area contributed by atoms with E-state index in [0.717, 1.165) is 10.0 Å². The quantitative estimate of drug-likeness (QED) is 0.782. The molecule has 94 valence electrons. The Hall–Kier alpha value is -1.76. The van der Waals surface area contributed by atoms with Crippen molar-refractivity contribution in [3.63, 3.8) is 0 Å². The van der Waals surface area contributed by atoms with E-state index < -0.39 is 0 Å². The second-order valence-corrected chi connectivity index (χ2v) is 4.99. The third-order valence-corrected chi connectivity index (χ3v) is 3.16. The van der Waals surface area contributed by atoms with Crippen LogP contribution in [0.25, 0.3) is 0 Å². The fraction of sp³-hybridized carbons (Fsp3) is 0. The minimum Gasteiger partial charge on any atom is -0.314 e. The zero-order valence-electron chi connectivity index (χ0n) is 9.78. The van der Waals surface area contributed by atoms with E-state index in [1.807, 2.05) is 30.3 Å². The van der Waals surface area contributed by atoms with Crippen LogP contribution in [0.15, 0.2) is 53.0 Å². The highest BCUT2D eigenvalue weighted by atomic mass is 79.9. The highest BCUT2D eigenvalue weighted by Gasteiger charge is 2.03. The van der Waals surface area contributed by atoms with E-state index in [9.17, 15) is 4.79 Å². The summed E-state index contributed by atoms with van der Waals surface area (Å²) in [7, 11) is 0. The van der Waals surface area contributed by atoms with Crippen molar-refractivity contribution < 1.29 is 4.79 Å². The lowest BCUT2D eigenvalue weighted by Gasteiger charge is -2.03. The molecule has 0 aliphatic rings. The Morgan fingerprint density at radius 1 is 1.16 bits per heavy atom. The first-order valence-electron chi connectivity index (χ1n) is 5.48. The lowest BCUT2D eigenvalue weighted by Crippen LogP contribution is -2.08. The van der Waals surface area contributed by atoms with E-state index in [4.69, 9.17) is 11.6 Å². The zero-order valence-corrected chi connectivity index (χ0v) is 12.1. The molecule has 19 heavy (non-hydrogen) atoms. The van der Waals surface area contributed by atoms with Crippen LogP contribution in [0.1, 0.15) is 5.56 Å². The van der Waals surface area contributed by atoms with Crippen LogP contribution in [-0.2, 0) is 4.79 Å². The van der Waals surface area contributed by atoms with Gasteiger partial charge in [-0.15, -0.1) is 0 Å². The minimum atomic E-state index is -0.369. The molecule has 2 aromatic rings. The van der Waals surface area contributed by atoms with Gasteiger partial charge in [0.2, 0.25) is 0 Å². The monoisotopic (exact) mass is 333 g/mol. The van der Waals surface area contributed by atoms with Gasteiger partial charge < -0.3 is 5.32 Å². The van der Waals surface area contributed by atoms with Crippen molar-refractivity contribution in [2.24, 2.45) is 0 Å². The molecule has 2 rings (SSSR count). The molecule has 0 fully saturated rings. The Kier molecular flexibility index (Phi) is 4.62. The fourth-order valence-corrected chi connectivity index (χ4v) is 2.18. The molecule has 0 aromatic heterocycles. The third kappa shape index (κ3) is 4.13. The summed E-state index contributed by atoms with van der Waals surface area (Å²) in [6, 6.07) is 14.5. The molecule has 0 spiro atoms. The lowest BCUT2D eigenvalue weighted by molar-refractivity contribution is -0.111. The average molecular weight is 335 g/mol. The van der Waals surface area contributed by atoms with Crippen LogP contribution in [0, 0.1) is 11.8 Å². The minimum absolute atomic E-state index is 0.369. The Balaban J connectivity index is 2.08. The first-order chi connectivity index (χ1) is 9.15. The van der Waals surface area contributed by atoms with Crippen LogP contribution in [0.3, 0.4) is 0 Å². The maximum Gasteiger partial charge on any atom is 0.300 e. The van der Waals surface area contributed by atoms with Crippen molar-refractivity contribution in [2.75, 3.05) is 5.32 Å². The lowest BCUT2D eigenvalue weighted by atomic mass is 10.2. The average Bonchev–Trinajstić information content (AvgIpc) is 2.41. The number of hydrogen-bond acceptors (Lipinski definition) is 1. The summed E-state index contributed by atoms with van der Waals surface area (Å²) in [5.41, 5.74) is 1.43. The van der Waals surface area contributed by atoms with E-state index in [1.54, 1.807) is 18.2 Å². The molecule has 4 heteroatoms. The number of carbonyl (C=O) groups is 1. The number of rotatable bonds is 1. The number of anilines is 1. The predicted molar refractivity (Wildman–Crippen MR) is 81.1 cm³/mol. The van der Waals surface area contributed by atoms with Crippen molar-refractivity contribution in [1.82, 2.24) is 0 Å². The van der Waals surface area contributed by atoms with Gasteiger partial charge in [-0.3, -0.25) is 4.79 Å². The Bertz CT molecular complexity index is 659. The summed E-state index contributed by atoms with van der Waals surface area (Å²) in [5, 5.41) is 3.29. The van der Waals surface area contributed by atoms with E-state index >= 15 is 0 Å². The van der Waals surface area contributed by atoms with E-state index in [2.05, 4.69) is 33.1 Å². The zero-order chi connectivity index (χ0) is 13.7. The Labute approximate surface area is 124 Å².